The summed E-state index contributed by atoms with van der Waals surface area (Å²) in [5.74, 6) is -0.250. The molecule has 0 saturated carbocycles. The van der Waals surface area contributed by atoms with E-state index in [2.05, 4.69) is 20.1 Å². The van der Waals surface area contributed by atoms with Crippen LogP contribution >= 0.6 is 0 Å². The first kappa shape index (κ1) is 21.0. The van der Waals surface area contributed by atoms with E-state index < -0.39 is 17.9 Å². The van der Waals surface area contributed by atoms with Crippen molar-refractivity contribution in [1.82, 2.24) is 19.9 Å². The van der Waals surface area contributed by atoms with Gasteiger partial charge in [0.1, 0.15) is 24.1 Å². The summed E-state index contributed by atoms with van der Waals surface area (Å²) in [6, 6.07) is 18.3. The molecule has 4 aromatic rings. The molecule has 2 aromatic carbocycles. The van der Waals surface area contributed by atoms with Crippen LogP contribution in [0.3, 0.4) is 0 Å². The molecule has 0 aliphatic heterocycles. The normalized spacial score (nSPS) is 11.7. The SMILES string of the molecule is COC(=O)[C@H](C)NC(=O)c1ccn2ncc(-c3ccc(OCc4ccccc4)cc3)c2n1. The topological polar surface area (TPSA) is 94.8 Å². The maximum atomic E-state index is 12.5. The maximum Gasteiger partial charge on any atom is 0.328 e. The zero-order valence-electron chi connectivity index (χ0n) is 17.7. The van der Waals surface area contributed by atoms with E-state index in [9.17, 15) is 9.59 Å². The fourth-order valence-electron chi connectivity index (χ4n) is 3.18. The Balaban J connectivity index is 1.52. The van der Waals surface area contributed by atoms with Crippen LogP contribution < -0.4 is 10.1 Å². The molecule has 0 unspecified atom stereocenters. The Bertz CT molecular complexity index is 1240. The number of benzene rings is 2. The average molecular weight is 430 g/mol. The molecule has 1 N–H and O–H groups in total. The van der Waals surface area contributed by atoms with Crippen molar-refractivity contribution in [1.29, 1.82) is 0 Å². The Labute approximate surface area is 184 Å². The second-order valence-electron chi connectivity index (χ2n) is 7.16. The molecule has 1 amide bonds. The summed E-state index contributed by atoms with van der Waals surface area (Å²) in [5.41, 5.74) is 3.46. The molecule has 0 saturated heterocycles. The Morgan fingerprint density at radius 1 is 1.06 bits per heavy atom. The van der Waals surface area contributed by atoms with E-state index in [4.69, 9.17) is 4.74 Å². The molecule has 2 heterocycles. The van der Waals surface area contributed by atoms with Crippen LogP contribution in [0.1, 0.15) is 23.0 Å². The summed E-state index contributed by atoms with van der Waals surface area (Å²) in [4.78, 5) is 28.5. The van der Waals surface area contributed by atoms with Crippen molar-refractivity contribution in [3.05, 3.63) is 84.3 Å². The van der Waals surface area contributed by atoms with Crippen LogP contribution in [0.5, 0.6) is 5.75 Å². The number of carbonyl (C=O) groups excluding carboxylic acids is 2. The number of carbonyl (C=O) groups is 2. The minimum absolute atomic E-state index is 0.179. The van der Waals surface area contributed by atoms with Crippen LogP contribution in [0.4, 0.5) is 0 Å². The Hall–Kier alpha value is -4.20. The monoisotopic (exact) mass is 430 g/mol. The molecule has 0 fully saturated rings. The first-order valence-electron chi connectivity index (χ1n) is 10.1. The molecular formula is C24H22N4O4. The molecule has 8 heteroatoms. The molecule has 32 heavy (non-hydrogen) atoms. The standard InChI is InChI=1S/C24H22N4O4/c1-16(24(30)31-2)26-23(29)21-12-13-28-22(27-21)20(14-25-28)18-8-10-19(11-9-18)32-15-17-6-4-3-5-7-17/h3-14,16H,15H2,1-2H3,(H,26,29)/t16-/m0/s1. The molecule has 8 nitrogen and oxygen atoms in total. The molecule has 2 aromatic heterocycles. The molecule has 4 rings (SSSR count). The van der Waals surface area contributed by atoms with Crippen molar-refractivity contribution in [2.75, 3.05) is 7.11 Å². The van der Waals surface area contributed by atoms with Crippen molar-refractivity contribution in [2.24, 2.45) is 0 Å². The fraction of sp³-hybridized carbons (Fsp3) is 0.167. The van der Waals surface area contributed by atoms with Crippen molar-refractivity contribution in [2.45, 2.75) is 19.6 Å². The second-order valence-corrected chi connectivity index (χ2v) is 7.16. The Morgan fingerprint density at radius 3 is 2.53 bits per heavy atom. The highest BCUT2D eigenvalue weighted by Crippen LogP contribution is 2.26. The minimum atomic E-state index is -0.779. The second kappa shape index (κ2) is 9.30. The fourth-order valence-corrected chi connectivity index (χ4v) is 3.18. The van der Waals surface area contributed by atoms with E-state index in [1.165, 1.54) is 7.11 Å². The third kappa shape index (κ3) is 4.59. The van der Waals surface area contributed by atoms with Crippen LogP contribution in [0.15, 0.2) is 73.1 Å². The van der Waals surface area contributed by atoms with Gasteiger partial charge in [-0.25, -0.2) is 14.3 Å². The number of amides is 1. The first-order chi connectivity index (χ1) is 15.5. The number of rotatable bonds is 7. The molecule has 0 aliphatic carbocycles. The quantitative estimate of drug-likeness (QED) is 0.452. The number of aromatic nitrogens is 3. The number of hydrogen-bond donors (Lipinski definition) is 1. The van der Waals surface area contributed by atoms with Crippen LogP contribution in [-0.2, 0) is 16.1 Å². The third-order valence-electron chi connectivity index (χ3n) is 4.92. The highest BCUT2D eigenvalue weighted by Gasteiger charge is 2.19. The van der Waals surface area contributed by atoms with E-state index in [-0.39, 0.29) is 5.69 Å². The molecule has 0 spiro atoms. The summed E-state index contributed by atoms with van der Waals surface area (Å²) in [6.45, 7) is 2.04. The van der Waals surface area contributed by atoms with E-state index in [1.54, 1.807) is 29.9 Å². The maximum absolute atomic E-state index is 12.5. The van der Waals surface area contributed by atoms with Crippen molar-refractivity contribution >= 4 is 17.5 Å². The number of nitrogens with zero attached hydrogens (tertiary/aromatic N) is 3. The molecule has 0 aliphatic rings. The Morgan fingerprint density at radius 2 is 1.81 bits per heavy atom. The average Bonchev–Trinajstić information content (AvgIpc) is 3.26. The zero-order chi connectivity index (χ0) is 22.5. The summed E-state index contributed by atoms with van der Waals surface area (Å²) >= 11 is 0. The smallest absolute Gasteiger partial charge is 0.328 e. The lowest BCUT2D eigenvalue weighted by atomic mass is 10.1. The lowest BCUT2D eigenvalue weighted by Gasteiger charge is -2.11. The number of fused-ring (bicyclic) bond motifs is 1. The summed E-state index contributed by atoms with van der Waals surface area (Å²) in [7, 11) is 1.27. The minimum Gasteiger partial charge on any atom is -0.489 e. The molecule has 0 bridgehead atoms. The van der Waals surface area contributed by atoms with Gasteiger partial charge < -0.3 is 14.8 Å². The van der Waals surface area contributed by atoms with Gasteiger partial charge in [-0.2, -0.15) is 5.10 Å². The number of nitrogens with one attached hydrogen (secondary N) is 1. The van der Waals surface area contributed by atoms with Gasteiger partial charge in [-0.3, -0.25) is 4.79 Å². The first-order valence-corrected chi connectivity index (χ1v) is 10.1. The number of hydrogen-bond acceptors (Lipinski definition) is 6. The van der Waals surface area contributed by atoms with E-state index >= 15 is 0 Å². The predicted molar refractivity (Wildman–Crippen MR) is 118 cm³/mol. The number of ether oxygens (including phenoxy) is 2. The van der Waals surface area contributed by atoms with Crippen molar-refractivity contribution in [3.63, 3.8) is 0 Å². The number of esters is 1. The van der Waals surface area contributed by atoms with Gasteiger partial charge in [0.15, 0.2) is 5.65 Å². The lowest BCUT2D eigenvalue weighted by molar-refractivity contribution is -0.142. The van der Waals surface area contributed by atoms with Gasteiger partial charge in [0.2, 0.25) is 0 Å². The van der Waals surface area contributed by atoms with Crippen molar-refractivity contribution < 1.29 is 19.1 Å². The van der Waals surface area contributed by atoms with E-state index in [0.717, 1.165) is 22.4 Å². The molecule has 1 atom stereocenters. The van der Waals surface area contributed by atoms with E-state index in [1.807, 2.05) is 54.6 Å². The molecule has 162 valence electrons. The lowest BCUT2D eigenvalue weighted by Crippen LogP contribution is -2.39. The van der Waals surface area contributed by atoms with Gasteiger partial charge in [-0.05, 0) is 36.2 Å². The molecule has 0 radical (unpaired) electrons. The van der Waals surface area contributed by atoms with Gasteiger partial charge >= 0.3 is 5.97 Å². The van der Waals surface area contributed by atoms with Crippen LogP contribution in [0.2, 0.25) is 0 Å². The third-order valence-corrected chi connectivity index (χ3v) is 4.92. The van der Waals surface area contributed by atoms with Gasteiger partial charge in [0.25, 0.3) is 5.91 Å². The predicted octanol–water partition coefficient (Wildman–Crippen LogP) is 3.27. The van der Waals surface area contributed by atoms with Gasteiger partial charge in [-0.15, -0.1) is 0 Å². The van der Waals surface area contributed by atoms with Crippen LogP contribution in [0.25, 0.3) is 16.8 Å². The summed E-state index contributed by atoms with van der Waals surface area (Å²) in [6.07, 6.45) is 3.35. The van der Waals surface area contributed by atoms with Gasteiger partial charge in [-0.1, -0.05) is 42.5 Å². The van der Waals surface area contributed by atoms with E-state index in [0.29, 0.717) is 12.3 Å². The van der Waals surface area contributed by atoms with Gasteiger partial charge in [0.05, 0.1) is 13.3 Å². The highest BCUT2D eigenvalue weighted by atomic mass is 16.5. The van der Waals surface area contributed by atoms with Crippen molar-refractivity contribution in [3.8, 4) is 16.9 Å². The van der Waals surface area contributed by atoms with Crippen LogP contribution in [-0.4, -0.2) is 39.6 Å². The highest BCUT2D eigenvalue weighted by molar-refractivity contribution is 5.95. The summed E-state index contributed by atoms with van der Waals surface area (Å²) < 4.78 is 12.1. The zero-order valence-corrected chi connectivity index (χ0v) is 17.7. The summed E-state index contributed by atoms with van der Waals surface area (Å²) in [5, 5.41) is 6.89. The largest absolute Gasteiger partial charge is 0.489 e. The van der Waals surface area contributed by atoms with Crippen LogP contribution in [0, 0.1) is 0 Å². The Kier molecular flexibility index (Phi) is 6.12. The number of methoxy groups -OCH3 is 1. The molecular weight excluding hydrogens is 408 g/mol. The van der Waals surface area contributed by atoms with Gasteiger partial charge in [0, 0.05) is 11.8 Å².